The molecule has 0 bridgehead atoms. The molecule has 8 nitrogen and oxygen atoms in total. The Kier molecular flexibility index (Phi) is 4.53. The number of hydrogen-bond donors (Lipinski definition) is 3. The van der Waals surface area contributed by atoms with Gasteiger partial charge in [-0.25, -0.2) is 13.8 Å². The molecule has 3 N–H and O–H groups in total. The van der Waals surface area contributed by atoms with Crippen molar-refractivity contribution in [2.75, 3.05) is 18.5 Å². The van der Waals surface area contributed by atoms with Crippen LogP contribution >= 0.6 is 0 Å². The molecule has 2 aromatic heterocycles. The van der Waals surface area contributed by atoms with E-state index in [0.717, 1.165) is 0 Å². The van der Waals surface area contributed by atoms with Crippen molar-refractivity contribution in [1.29, 1.82) is 0 Å². The number of benzene rings is 1. The number of anilines is 1. The number of rotatable bonds is 5. The Morgan fingerprint density at radius 1 is 1.10 bits per heavy atom. The summed E-state index contributed by atoms with van der Waals surface area (Å²) in [5.74, 6) is -0.819. The summed E-state index contributed by atoms with van der Waals surface area (Å²) in [5, 5.41) is 12.7. The number of aliphatic hydroxyl groups is 1. The summed E-state index contributed by atoms with van der Waals surface area (Å²) in [6.07, 6.45) is -1.78. The van der Waals surface area contributed by atoms with Gasteiger partial charge in [-0.1, -0.05) is 6.07 Å². The maximum atomic E-state index is 13.7. The van der Waals surface area contributed by atoms with Crippen LogP contribution in [0, 0.1) is 11.6 Å². The summed E-state index contributed by atoms with van der Waals surface area (Å²) in [6, 6.07) is 7.40. The molecule has 0 spiro atoms. The normalized spacial score (nSPS) is 26.0. The Morgan fingerprint density at radius 3 is 2.72 bits per heavy atom. The van der Waals surface area contributed by atoms with Crippen LogP contribution in [0.2, 0.25) is 0 Å². The van der Waals surface area contributed by atoms with Crippen LogP contribution < -0.4 is 10.1 Å². The highest BCUT2D eigenvalue weighted by molar-refractivity contribution is 5.73. The van der Waals surface area contributed by atoms with E-state index in [2.05, 4.69) is 20.3 Å². The third-order valence-electron chi connectivity index (χ3n) is 5.08. The number of aromatic amines is 1. The smallest absolute Gasteiger partial charge is 0.296 e. The van der Waals surface area contributed by atoms with Crippen molar-refractivity contribution >= 4 is 17.0 Å². The quantitative estimate of drug-likeness (QED) is 0.596. The minimum absolute atomic E-state index is 0.0487. The van der Waals surface area contributed by atoms with Gasteiger partial charge in [-0.05, 0) is 24.3 Å². The van der Waals surface area contributed by atoms with Gasteiger partial charge in [0, 0.05) is 12.1 Å². The van der Waals surface area contributed by atoms with Crippen LogP contribution in [0.5, 0.6) is 6.01 Å². The van der Waals surface area contributed by atoms with Crippen LogP contribution in [0.1, 0.15) is 5.56 Å². The number of ether oxygens (including phenoxy) is 3. The van der Waals surface area contributed by atoms with E-state index in [9.17, 15) is 13.9 Å². The SMILES string of the molecule is O[C@@H]1CO[C@H]2[C@@H]1OC[C@@H]2Oc1nc2nc(NCc3c(F)cccc3F)ccc2[nH]1. The molecule has 0 aliphatic carbocycles. The molecule has 4 heterocycles. The second-order valence-electron chi connectivity index (χ2n) is 6.98. The maximum Gasteiger partial charge on any atom is 0.296 e. The summed E-state index contributed by atoms with van der Waals surface area (Å²) < 4.78 is 44.4. The Labute approximate surface area is 163 Å². The van der Waals surface area contributed by atoms with Gasteiger partial charge >= 0.3 is 0 Å². The van der Waals surface area contributed by atoms with Gasteiger partial charge in [-0.3, -0.25) is 0 Å². The fourth-order valence-corrected chi connectivity index (χ4v) is 3.59. The maximum absolute atomic E-state index is 13.7. The molecule has 0 saturated carbocycles. The molecule has 2 aliphatic rings. The van der Waals surface area contributed by atoms with Gasteiger partial charge in [0.05, 0.1) is 18.7 Å². The highest BCUT2D eigenvalue weighted by Gasteiger charge is 2.48. The number of nitrogens with zero attached hydrogens (tertiary/aromatic N) is 2. The predicted octanol–water partition coefficient (Wildman–Crippen LogP) is 1.75. The van der Waals surface area contributed by atoms with Gasteiger partial charge in [0.25, 0.3) is 6.01 Å². The lowest BCUT2D eigenvalue weighted by Crippen LogP contribution is -2.34. The van der Waals surface area contributed by atoms with Gasteiger partial charge in [0.2, 0.25) is 0 Å². The van der Waals surface area contributed by atoms with E-state index in [1.165, 1.54) is 18.2 Å². The minimum Gasteiger partial charge on any atom is -0.456 e. The Morgan fingerprint density at radius 2 is 1.90 bits per heavy atom. The van der Waals surface area contributed by atoms with Crippen molar-refractivity contribution in [3.63, 3.8) is 0 Å². The number of nitrogens with one attached hydrogen (secondary N) is 2. The van der Waals surface area contributed by atoms with Crippen LogP contribution in [0.3, 0.4) is 0 Å². The summed E-state index contributed by atoms with van der Waals surface area (Å²) in [5.41, 5.74) is 0.974. The molecule has 5 rings (SSSR count). The molecule has 0 amide bonds. The van der Waals surface area contributed by atoms with Crippen molar-refractivity contribution in [2.45, 2.75) is 31.0 Å². The fourth-order valence-electron chi connectivity index (χ4n) is 3.59. The van der Waals surface area contributed by atoms with Gasteiger partial charge < -0.3 is 29.6 Å². The zero-order valence-electron chi connectivity index (χ0n) is 15.1. The molecule has 2 saturated heterocycles. The summed E-state index contributed by atoms with van der Waals surface area (Å²) in [7, 11) is 0. The zero-order chi connectivity index (χ0) is 20.0. The van der Waals surface area contributed by atoms with E-state index < -0.39 is 23.8 Å². The first kappa shape index (κ1) is 18.2. The number of aromatic nitrogens is 3. The average Bonchev–Trinajstić information content (AvgIpc) is 3.38. The van der Waals surface area contributed by atoms with Crippen molar-refractivity contribution in [3.8, 4) is 6.01 Å². The molecule has 4 atom stereocenters. The van der Waals surface area contributed by atoms with E-state index in [1.54, 1.807) is 12.1 Å². The van der Waals surface area contributed by atoms with Crippen molar-refractivity contribution in [3.05, 3.63) is 47.5 Å². The molecule has 0 radical (unpaired) electrons. The van der Waals surface area contributed by atoms with Crippen molar-refractivity contribution in [2.24, 2.45) is 0 Å². The monoisotopic (exact) mass is 404 g/mol. The number of H-pyrrole nitrogens is 1. The molecule has 152 valence electrons. The van der Waals surface area contributed by atoms with Gasteiger partial charge in [0.1, 0.15) is 35.8 Å². The second kappa shape index (κ2) is 7.21. The molecular weight excluding hydrogens is 386 g/mol. The molecular formula is C19H18F2N4O4. The lowest BCUT2D eigenvalue weighted by atomic mass is 10.1. The first-order valence-corrected chi connectivity index (χ1v) is 9.20. The summed E-state index contributed by atoms with van der Waals surface area (Å²) in [4.78, 5) is 11.7. The number of imidazole rings is 1. The van der Waals surface area contributed by atoms with Crippen LogP contribution in [-0.2, 0) is 16.0 Å². The highest BCUT2D eigenvalue weighted by atomic mass is 19.1. The van der Waals surface area contributed by atoms with Crippen LogP contribution in [0.25, 0.3) is 11.2 Å². The lowest BCUT2D eigenvalue weighted by molar-refractivity contribution is 0.00706. The van der Waals surface area contributed by atoms with E-state index >= 15 is 0 Å². The van der Waals surface area contributed by atoms with Gasteiger partial charge in [0.15, 0.2) is 11.8 Å². The number of aliphatic hydroxyl groups excluding tert-OH is 1. The average molecular weight is 404 g/mol. The minimum atomic E-state index is -0.654. The van der Waals surface area contributed by atoms with Crippen LogP contribution in [-0.4, -0.2) is 57.7 Å². The molecule has 3 aromatic rings. The van der Waals surface area contributed by atoms with E-state index in [-0.39, 0.29) is 43.5 Å². The molecule has 10 heteroatoms. The lowest BCUT2D eigenvalue weighted by Gasteiger charge is -2.15. The molecule has 29 heavy (non-hydrogen) atoms. The van der Waals surface area contributed by atoms with Crippen molar-refractivity contribution < 1.29 is 28.1 Å². The van der Waals surface area contributed by atoms with Crippen molar-refractivity contribution in [1.82, 2.24) is 15.0 Å². The van der Waals surface area contributed by atoms with Gasteiger partial charge in [-0.2, -0.15) is 4.98 Å². The molecule has 2 aliphatic heterocycles. The third-order valence-corrected chi connectivity index (χ3v) is 5.08. The van der Waals surface area contributed by atoms with E-state index in [1.807, 2.05) is 0 Å². The summed E-state index contributed by atoms with van der Waals surface area (Å²) in [6.45, 7) is 0.458. The Hall–Kier alpha value is -2.82. The first-order valence-electron chi connectivity index (χ1n) is 9.20. The number of pyridine rings is 1. The standard InChI is InChI=1S/C19H18F2N4O4/c20-10-2-1-3-11(21)9(10)6-22-15-5-4-12-18(24-15)25-19(23-12)29-14-8-28-16-13(26)7-27-17(14)16/h1-5,13-14,16-17,26H,6-8H2,(H2,22,23,24,25)/t13-,14+,16-,17-/m1/s1. The topological polar surface area (TPSA) is 102 Å². The number of hydrogen-bond acceptors (Lipinski definition) is 7. The Balaban J connectivity index is 1.29. The Bertz CT molecular complexity index is 1030. The van der Waals surface area contributed by atoms with E-state index in [4.69, 9.17) is 14.2 Å². The first-order chi connectivity index (χ1) is 14.1. The molecule has 0 unspecified atom stereocenters. The van der Waals surface area contributed by atoms with E-state index in [0.29, 0.717) is 17.0 Å². The highest BCUT2D eigenvalue weighted by Crippen LogP contribution is 2.29. The summed E-state index contributed by atoms with van der Waals surface area (Å²) >= 11 is 0. The van der Waals surface area contributed by atoms with Crippen LogP contribution in [0.15, 0.2) is 30.3 Å². The molecule has 1 aromatic carbocycles. The molecule has 2 fully saturated rings. The predicted molar refractivity (Wildman–Crippen MR) is 97.5 cm³/mol. The number of fused-ring (bicyclic) bond motifs is 2. The van der Waals surface area contributed by atoms with Crippen LogP contribution in [0.4, 0.5) is 14.6 Å². The fraction of sp³-hybridized carbons (Fsp3) is 0.368. The second-order valence-corrected chi connectivity index (χ2v) is 6.98. The van der Waals surface area contributed by atoms with Gasteiger partial charge in [-0.15, -0.1) is 0 Å². The number of halogens is 2. The zero-order valence-corrected chi connectivity index (χ0v) is 15.1. The largest absolute Gasteiger partial charge is 0.456 e. The third kappa shape index (κ3) is 3.39.